The normalized spacial score (nSPS) is 10.9. The van der Waals surface area contributed by atoms with Gasteiger partial charge in [0.05, 0.1) is 11.4 Å². The monoisotopic (exact) mass is 285 g/mol. The molecule has 1 aromatic carbocycles. The Morgan fingerprint density at radius 3 is 2.87 bits per heavy atom. The van der Waals surface area contributed by atoms with E-state index in [1.54, 1.807) is 6.20 Å². The van der Waals surface area contributed by atoms with E-state index >= 15 is 0 Å². The second kappa shape index (κ2) is 3.99. The molecule has 1 heterocycles. The number of alkyl halides is 1. The largest absolute Gasteiger partial charge is 0.350 e. The van der Waals surface area contributed by atoms with Crippen molar-refractivity contribution in [2.24, 2.45) is 7.05 Å². The first-order valence-electron chi connectivity index (χ1n) is 4.47. The maximum Gasteiger partial charge on any atom is 0.193 e. The SMILES string of the molecule is Cn1cc(CCl)c(=O)c2ccc(Br)cc21. The summed E-state index contributed by atoms with van der Waals surface area (Å²) < 4.78 is 2.88. The van der Waals surface area contributed by atoms with Gasteiger partial charge in [0.25, 0.3) is 0 Å². The lowest BCUT2D eigenvalue weighted by Crippen LogP contribution is -2.11. The number of benzene rings is 1. The van der Waals surface area contributed by atoms with Crippen molar-refractivity contribution < 1.29 is 0 Å². The number of hydrogen-bond acceptors (Lipinski definition) is 1. The molecule has 1 aromatic heterocycles. The van der Waals surface area contributed by atoms with E-state index < -0.39 is 0 Å². The maximum atomic E-state index is 11.9. The molecule has 15 heavy (non-hydrogen) atoms. The maximum absolute atomic E-state index is 11.9. The molecule has 0 spiro atoms. The van der Waals surface area contributed by atoms with Gasteiger partial charge in [0.1, 0.15) is 0 Å². The van der Waals surface area contributed by atoms with Crippen LogP contribution in [0.5, 0.6) is 0 Å². The van der Waals surface area contributed by atoms with E-state index in [2.05, 4.69) is 15.9 Å². The number of nitrogens with zero attached hydrogens (tertiary/aromatic N) is 1. The summed E-state index contributed by atoms with van der Waals surface area (Å²) in [6, 6.07) is 5.61. The first-order valence-corrected chi connectivity index (χ1v) is 5.80. The highest BCUT2D eigenvalue weighted by Gasteiger charge is 2.06. The topological polar surface area (TPSA) is 22.0 Å². The molecule has 0 aliphatic carbocycles. The van der Waals surface area contributed by atoms with Gasteiger partial charge in [-0.2, -0.15) is 0 Å². The Balaban J connectivity index is 2.93. The zero-order chi connectivity index (χ0) is 11.0. The van der Waals surface area contributed by atoms with Crippen molar-refractivity contribution >= 4 is 38.4 Å². The summed E-state index contributed by atoms with van der Waals surface area (Å²) in [6.45, 7) is 0. The zero-order valence-electron chi connectivity index (χ0n) is 8.13. The van der Waals surface area contributed by atoms with Crippen molar-refractivity contribution in [3.8, 4) is 0 Å². The Kier molecular flexibility index (Phi) is 2.85. The van der Waals surface area contributed by atoms with E-state index in [-0.39, 0.29) is 11.3 Å². The Hall–Kier alpha value is -0.800. The van der Waals surface area contributed by atoms with Gasteiger partial charge in [-0.05, 0) is 18.2 Å². The minimum Gasteiger partial charge on any atom is -0.350 e. The molecule has 0 amide bonds. The molecule has 4 heteroatoms. The lowest BCUT2D eigenvalue weighted by Gasteiger charge is -2.07. The molecule has 0 atom stereocenters. The van der Waals surface area contributed by atoms with Crippen LogP contribution >= 0.6 is 27.5 Å². The van der Waals surface area contributed by atoms with E-state index in [9.17, 15) is 4.79 Å². The van der Waals surface area contributed by atoms with Gasteiger partial charge < -0.3 is 4.57 Å². The standard InChI is InChI=1S/C11H9BrClNO/c1-14-6-7(5-13)11(15)9-3-2-8(12)4-10(9)14/h2-4,6H,5H2,1H3. The molecule has 0 aliphatic heterocycles. The summed E-state index contributed by atoms with van der Waals surface area (Å²) in [7, 11) is 1.91. The third-order valence-corrected chi connectivity index (χ3v) is 3.15. The van der Waals surface area contributed by atoms with E-state index in [0.717, 1.165) is 9.99 Å². The van der Waals surface area contributed by atoms with Gasteiger partial charge in [-0.25, -0.2) is 0 Å². The van der Waals surface area contributed by atoms with Gasteiger partial charge in [-0.1, -0.05) is 15.9 Å². The van der Waals surface area contributed by atoms with Crippen LogP contribution < -0.4 is 5.43 Å². The van der Waals surface area contributed by atoms with Gasteiger partial charge in [-0.3, -0.25) is 4.79 Å². The summed E-state index contributed by atoms with van der Waals surface area (Å²) >= 11 is 9.10. The summed E-state index contributed by atoms with van der Waals surface area (Å²) in [5.74, 6) is 0.249. The number of hydrogen-bond donors (Lipinski definition) is 0. The Bertz CT molecular complexity index is 577. The molecule has 2 rings (SSSR count). The summed E-state index contributed by atoms with van der Waals surface area (Å²) in [5, 5.41) is 0.707. The highest BCUT2D eigenvalue weighted by Crippen LogP contribution is 2.17. The quantitative estimate of drug-likeness (QED) is 0.739. The second-order valence-corrected chi connectivity index (χ2v) is 4.57. The van der Waals surface area contributed by atoms with Crippen molar-refractivity contribution in [2.75, 3.05) is 0 Å². The van der Waals surface area contributed by atoms with Crippen LogP contribution in [0.2, 0.25) is 0 Å². The molecule has 0 fully saturated rings. The van der Waals surface area contributed by atoms with Crippen molar-refractivity contribution in [3.05, 3.63) is 44.7 Å². The number of rotatable bonds is 1. The summed E-state index contributed by atoms with van der Waals surface area (Å²) in [6.07, 6.45) is 1.78. The van der Waals surface area contributed by atoms with Gasteiger partial charge >= 0.3 is 0 Å². The third kappa shape index (κ3) is 1.82. The second-order valence-electron chi connectivity index (χ2n) is 3.39. The molecule has 0 aliphatic rings. The number of aryl methyl sites for hydroxylation is 1. The van der Waals surface area contributed by atoms with E-state index in [4.69, 9.17) is 11.6 Å². The Labute approximate surface area is 101 Å². The van der Waals surface area contributed by atoms with Crippen LogP contribution in [-0.2, 0) is 12.9 Å². The fraction of sp³-hybridized carbons (Fsp3) is 0.182. The van der Waals surface area contributed by atoms with Gasteiger partial charge in [0, 0.05) is 28.7 Å². The van der Waals surface area contributed by atoms with Crippen LogP contribution in [0, 0.1) is 0 Å². The number of fused-ring (bicyclic) bond motifs is 1. The fourth-order valence-electron chi connectivity index (χ4n) is 1.62. The van der Waals surface area contributed by atoms with E-state index in [1.165, 1.54) is 0 Å². The first-order chi connectivity index (χ1) is 7.13. The average molecular weight is 287 g/mol. The van der Waals surface area contributed by atoms with E-state index in [1.807, 2.05) is 29.8 Å². The number of pyridine rings is 1. The molecular weight excluding hydrogens is 277 g/mol. The number of aromatic nitrogens is 1. The van der Waals surface area contributed by atoms with E-state index in [0.29, 0.717) is 10.9 Å². The predicted octanol–water partition coefficient (Wildman–Crippen LogP) is 3.04. The molecule has 0 saturated heterocycles. The molecule has 0 saturated carbocycles. The van der Waals surface area contributed by atoms with Crippen molar-refractivity contribution in [2.45, 2.75) is 5.88 Å². The smallest absolute Gasteiger partial charge is 0.193 e. The average Bonchev–Trinajstić information content (AvgIpc) is 2.23. The molecule has 0 bridgehead atoms. The molecule has 78 valence electrons. The predicted molar refractivity (Wildman–Crippen MR) is 66.4 cm³/mol. The zero-order valence-corrected chi connectivity index (χ0v) is 10.5. The van der Waals surface area contributed by atoms with Crippen LogP contribution in [0.25, 0.3) is 10.9 Å². The highest BCUT2D eigenvalue weighted by molar-refractivity contribution is 9.10. The minimum atomic E-state index is 0.0191. The van der Waals surface area contributed by atoms with Crippen molar-refractivity contribution in [1.82, 2.24) is 4.57 Å². The lowest BCUT2D eigenvalue weighted by atomic mass is 10.1. The van der Waals surface area contributed by atoms with Crippen LogP contribution in [0.4, 0.5) is 0 Å². The fourth-order valence-corrected chi connectivity index (χ4v) is 2.16. The molecule has 0 radical (unpaired) electrons. The van der Waals surface area contributed by atoms with Gasteiger partial charge in [-0.15, -0.1) is 11.6 Å². The highest BCUT2D eigenvalue weighted by atomic mass is 79.9. The molecular formula is C11H9BrClNO. The van der Waals surface area contributed by atoms with Crippen molar-refractivity contribution in [3.63, 3.8) is 0 Å². The number of halogens is 2. The van der Waals surface area contributed by atoms with Crippen LogP contribution in [0.3, 0.4) is 0 Å². The first kappa shape index (κ1) is 10.7. The van der Waals surface area contributed by atoms with Crippen LogP contribution in [0.15, 0.2) is 33.7 Å². The molecule has 2 aromatic rings. The third-order valence-electron chi connectivity index (χ3n) is 2.37. The molecule has 0 N–H and O–H groups in total. The van der Waals surface area contributed by atoms with Gasteiger partial charge in [0.15, 0.2) is 5.43 Å². The van der Waals surface area contributed by atoms with Gasteiger partial charge in [0.2, 0.25) is 0 Å². The molecule has 0 unspecified atom stereocenters. The minimum absolute atomic E-state index is 0.0191. The Morgan fingerprint density at radius 1 is 1.47 bits per heavy atom. The summed E-state index contributed by atoms with van der Waals surface area (Å²) in [5.41, 5.74) is 1.56. The molecule has 2 nitrogen and oxygen atoms in total. The van der Waals surface area contributed by atoms with Crippen LogP contribution in [0.1, 0.15) is 5.56 Å². The lowest BCUT2D eigenvalue weighted by molar-refractivity contribution is 0.935. The van der Waals surface area contributed by atoms with Crippen LogP contribution in [-0.4, -0.2) is 4.57 Å². The van der Waals surface area contributed by atoms with Crippen molar-refractivity contribution in [1.29, 1.82) is 0 Å². The Morgan fingerprint density at radius 2 is 2.20 bits per heavy atom. The summed E-state index contributed by atoms with van der Waals surface area (Å²) in [4.78, 5) is 11.9.